The van der Waals surface area contributed by atoms with E-state index in [-0.39, 0.29) is 11.9 Å². The first-order valence-electron chi connectivity index (χ1n) is 7.96. The fourth-order valence-corrected chi connectivity index (χ4v) is 3.73. The van der Waals surface area contributed by atoms with Gasteiger partial charge in [-0.15, -0.1) is 0 Å². The molecular formula is C16H25N3O. The molecule has 20 heavy (non-hydrogen) atoms. The van der Waals surface area contributed by atoms with Crippen LogP contribution < -0.4 is 0 Å². The Balaban J connectivity index is 1.78. The van der Waals surface area contributed by atoms with Gasteiger partial charge in [0.1, 0.15) is 6.04 Å². The summed E-state index contributed by atoms with van der Waals surface area (Å²) < 4.78 is 2.07. The zero-order valence-corrected chi connectivity index (χ0v) is 12.6. The molecule has 0 saturated heterocycles. The molecule has 1 aliphatic heterocycles. The number of hydrogen-bond acceptors (Lipinski definition) is 2. The standard InChI is InChI=1S/C16H25N3O/c1-12(2)15-16(20)18(9-13-6-4-3-5-7-13)10-14-8-17-11-19(14)15/h8,11-13,15H,3-7,9-10H2,1-2H3. The van der Waals surface area contributed by atoms with Crippen molar-refractivity contribution in [1.29, 1.82) is 0 Å². The van der Waals surface area contributed by atoms with Crippen molar-refractivity contribution >= 4 is 5.91 Å². The SMILES string of the molecule is CC(C)C1C(=O)N(CC2CCCCC2)Cc2cncn21. The summed E-state index contributed by atoms with van der Waals surface area (Å²) in [5.74, 6) is 1.30. The number of fused-ring (bicyclic) bond motifs is 1. The quantitative estimate of drug-likeness (QED) is 0.850. The smallest absolute Gasteiger partial charge is 0.246 e. The Labute approximate surface area is 121 Å². The van der Waals surface area contributed by atoms with Gasteiger partial charge in [-0.25, -0.2) is 4.98 Å². The number of rotatable bonds is 3. The van der Waals surface area contributed by atoms with Gasteiger partial charge in [-0.2, -0.15) is 0 Å². The van der Waals surface area contributed by atoms with Gasteiger partial charge < -0.3 is 9.47 Å². The van der Waals surface area contributed by atoms with Gasteiger partial charge in [-0.05, 0) is 24.7 Å². The highest BCUT2D eigenvalue weighted by molar-refractivity contribution is 5.81. The Hall–Kier alpha value is -1.32. The highest BCUT2D eigenvalue weighted by Gasteiger charge is 2.35. The normalized spacial score (nSPS) is 24.2. The van der Waals surface area contributed by atoms with E-state index in [0.29, 0.717) is 11.8 Å². The van der Waals surface area contributed by atoms with Gasteiger partial charge in [0, 0.05) is 12.7 Å². The third-order valence-electron chi connectivity index (χ3n) is 4.80. The van der Waals surface area contributed by atoms with E-state index in [0.717, 1.165) is 13.1 Å². The molecule has 1 aliphatic carbocycles. The third-order valence-corrected chi connectivity index (χ3v) is 4.80. The van der Waals surface area contributed by atoms with Crippen molar-refractivity contribution < 1.29 is 4.79 Å². The molecule has 2 heterocycles. The van der Waals surface area contributed by atoms with Crippen LogP contribution in [0.15, 0.2) is 12.5 Å². The van der Waals surface area contributed by atoms with Crippen LogP contribution in [0.4, 0.5) is 0 Å². The summed E-state index contributed by atoms with van der Waals surface area (Å²) in [7, 11) is 0. The highest BCUT2D eigenvalue weighted by atomic mass is 16.2. The zero-order valence-electron chi connectivity index (χ0n) is 12.6. The fourth-order valence-electron chi connectivity index (χ4n) is 3.73. The molecule has 1 fully saturated rings. The minimum atomic E-state index is -0.0650. The van der Waals surface area contributed by atoms with Crippen LogP contribution in [-0.2, 0) is 11.3 Å². The predicted octanol–water partition coefficient (Wildman–Crippen LogP) is 3.00. The highest BCUT2D eigenvalue weighted by Crippen LogP contribution is 2.31. The number of imidazole rings is 1. The van der Waals surface area contributed by atoms with Crippen LogP contribution in [0.2, 0.25) is 0 Å². The maximum absolute atomic E-state index is 12.8. The lowest BCUT2D eigenvalue weighted by Gasteiger charge is -2.38. The Morgan fingerprint density at radius 1 is 1.30 bits per heavy atom. The summed E-state index contributed by atoms with van der Waals surface area (Å²) in [5, 5.41) is 0. The van der Waals surface area contributed by atoms with Crippen LogP contribution in [0, 0.1) is 11.8 Å². The summed E-state index contributed by atoms with van der Waals surface area (Å²) in [5.41, 5.74) is 1.18. The van der Waals surface area contributed by atoms with Crippen molar-refractivity contribution in [3.63, 3.8) is 0 Å². The van der Waals surface area contributed by atoms with Crippen molar-refractivity contribution in [2.75, 3.05) is 6.54 Å². The second-order valence-electron chi connectivity index (χ2n) is 6.70. The topological polar surface area (TPSA) is 38.1 Å². The molecule has 110 valence electrons. The van der Waals surface area contributed by atoms with Crippen LogP contribution in [0.3, 0.4) is 0 Å². The first-order chi connectivity index (χ1) is 9.66. The molecular weight excluding hydrogens is 250 g/mol. The van der Waals surface area contributed by atoms with Gasteiger partial charge in [0.2, 0.25) is 5.91 Å². The first kappa shape index (κ1) is 13.7. The molecule has 1 atom stereocenters. The summed E-state index contributed by atoms with van der Waals surface area (Å²) in [4.78, 5) is 19.1. The number of nitrogens with zero attached hydrogens (tertiary/aromatic N) is 3. The molecule has 1 aromatic rings. The number of hydrogen-bond donors (Lipinski definition) is 0. The average Bonchev–Trinajstić information content (AvgIpc) is 2.87. The van der Waals surface area contributed by atoms with Gasteiger partial charge in [0.15, 0.2) is 0 Å². The molecule has 1 aromatic heterocycles. The van der Waals surface area contributed by atoms with Crippen LogP contribution in [0.5, 0.6) is 0 Å². The summed E-state index contributed by atoms with van der Waals surface area (Å²) in [6.07, 6.45) is 10.3. The monoisotopic (exact) mass is 275 g/mol. The van der Waals surface area contributed by atoms with Crippen molar-refractivity contribution in [2.24, 2.45) is 11.8 Å². The lowest BCUT2D eigenvalue weighted by Crippen LogP contribution is -2.46. The summed E-state index contributed by atoms with van der Waals surface area (Å²) in [6, 6.07) is -0.0650. The van der Waals surface area contributed by atoms with Crippen LogP contribution in [0.25, 0.3) is 0 Å². The van der Waals surface area contributed by atoms with Gasteiger partial charge >= 0.3 is 0 Å². The predicted molar refractivity (Wildman–Crippen MR) is 78.1 cm³/mol. The second-order valence-corrected chi connectivity index (χ2v) is 6.70. The molecule has 1 unspecified atom stereocenters. The molecule has 0 N–H and O–H groups in total. The minimum absolute atomic E-state index is 0.0650. The number of carbonyl (C=O) groups excluding carboxylic acids is 1. The van der Waals surface area contributed by atoms with Crippen molar-refractivity contribution in [2.45, 2.75) is 58.5 Å². The molecule has 0 radical (unpaired) electrons. The Bertz CT molecular complexity index is 474. The van der Waals surface area contributed by atoms with E-state index in [4.69, 9.17) is 0 Å². The Morgan fingerprint density at radius 2 is 2.05 bits per heavy atom. The van der Waals surface area contributed by atoms with Crippen LogP contribution in [-0.4, -0.2) is 26.9 Å². The van der Waals surface area contributed by atoms with Crippen molar-refractivity contribution in [1.82, 2.24) is 14.5 Å². The molecule has 0 spiro atoms. The van der Waals surface area contributed by atoms with E-state index in [2.05, 4.69) is 28.3 Å². The maximum atomic E-state index is 12.8. The van der Waals surface area contributed by atoms with E-state index in [1.807, 2.05) is 12.5 Å². The molecule has 2 aliphatic rings. The lowest BCUT2D eigenvalue weighted by atomic mass is 9.88. The van der Waals surface area contributed by atoms with E-state index >= 15 is 0 Å². The van der Waals surface area contributed by atoms with Crippen molar-refractivity contribution in [3.05, 3.63) is 18.2 Å². The molecule has 4 heteroatoms. The van der Waals surface area contributed by atoms with Crippen LogP contribution >= 0.6 is 0 Å². The molecule has 0 bridgehead atoms. The molecule has 1 amide bonds. The second kappa shape index (κ2) is 5.58. The van der Waals surface area contributed by atoms with E-state index in [9.17, 15) is 4.79 Å². The van der Waals surface area contributed by atoms with E-state index in [1.165, 1.54) is 37.8 Å². The molecule has 0 aromatic carbocycles. The first-order valence-corrected chi connectivity index (χ1v) is 7.96. The number of amides is 1. The summed E-state index contributed by atoms with van der Waals surface area (Å²) in [6.45, 7) is 5.92. The largest absolute Gasteiger partial charge is 0.335 e. The molecule has 4 nitrogen and oxygen atoms in total. The number of carbonyl (C=O) groups is 1. The minimum Gasteiger partial charge on any atom is -0.335 e. The zero-order chi connectivity index (χ0) is 14.1. The van der Waals surface area contributed by atoms with Gasteiger partial charge in [0.05, 0.1) is 18.6 Å². The molecule has 3 rings (SSSR count). The lowest BCUT2D eigenvalue weighted by molar-refractivity contribution is -0.139. The third kappa shape index (κ3) is 2.48. The molecule has 1 saturated carbocycles. The Kier molecular flexibility index (Phi) is 3.81. The average molecular weight is 275 g/mol. The number of aromatic nitrogens is 2. The summed E-state index contributed by atoms with van der Waals surface area (Å²) >= 11 is 0. The van der Waals surface area contributed by atoms with Gasteiger partial charge in [-0.3, -0.25) is 4.79 Å². The van der Waals surface area contributed by atoms with Crippen molar-refractivity contribution in [3.8, 4) is 0 Å². The van der Waals surface area contributed by atoms with E-state index in [1.54, 1.807) is 0 Å². The fraction of sp³-hybridized carbons (Fsp3) is 0.750. The van der Waals surface area contributed by atoms with Gasteiger partial charge in [0.25, 0.3) is 0 Å². The Morgan fingerprint density at radius 3 is 2.75 bits per heavy atom. The van der Waals surface area contributed by atoms with Gasteiger partial charge in [-0.1, -0.05) is 33.1 Å². The van der Waals surface area contributed by atoms with E-state index < -0.39 is 0 Å². The van der Waals surface area contributed by atoms with Crippen LogP contribution in [0.1, 0.15) is 57.7 Å². The maximum Gasteiger partial charge on any atom is 0.246 e.